The average molecular weight is 364 g/mol. The zero-order valence-corrected chi connectivity index (χ0v) is 14.8. The van der Waals surface area contributed by atoms with Crippen molar-refractivity contribution in [2.24, 2.45) is 5.14 Å². The zero-order valence-electron chi connectivity index (χ0n) is 13.2. The summed E-state index contributed by atoms with van der Waals surface area (Å²) in [6.45, 7) is 3.91. The van der Waals surface area contributed by atoms with E-state index in [0.29, 0.717) is 36.5 Å². The molecule has 0 saturated carbocycles. The predicted molar refractivity (Wildman–Crippen MR) is 87.6 cm³/mol. The summed E-state index contributed by atoms with van der Waals surface area (Å²) in [4.78, 5) is 0. The van der Waals surface area contributed by atoms with Crippen molar-refractivity contribution in [2.45, 2.75) is 51.4 Å². The van der Waals surface area contributed by atoms with Crippen molar-refractivity contribution in [3.8, 4) is 5.75 Å². The Hall–Kier alpha value is -0.860. The van der Waals surface area contributed by atoms with Gasteiger partial charge in [0, 0.05) is 19.3 Å². The largest absolute Gasteiger partial charge is 0.461 e. The molecule has 1 aliphatic rings. The van der Waals surface area contributed by atoms with E-state index in [9.17, 15) is 8.42 Å². The first-order chi connectivity index (χ1) is 10.8. The highest BCUT2D eigenvalue weighted by molar-refractivity contribution is 7.84. The molecule has 2 N–H and O–H groups in total. The Morgan fingerprint density at radius 2 is 2.09 bits per heavy atom. The Balaban J connectivity index is 2.23. The summed E-state index contributed by atoms with van der Waals surface area (Å²) in [6.07, 6.45) is 1.97. The van der Waals surface area contributed by atoms with Crippen LogP contribution in [0.3, 0.4) is 0 Å². The smallest absolute Gasteiger partial charge is 0.333 e. The molecule has 1 heterocycles. The number of benzene rings is 1. The van der Waals surface area contributed by atoms with Crippen LogP contribution in [0.25, 0.3) is 0 Å². The monoisotopic (exact) mass is 363 g/mol. The molecule has 1 aromatic rings. The van der Waals surface area contributed by atoms with Crippen molar-refractivity contribution in [2.75, 3.05) is 6.61 Å². The highest BCUT2D eigenvalue weighted by Crippen LogP contribution is 2.39. The molecule has 8 heteroatoms. The maximum atomic E-state index is 10.9. The van der Waals surface area contributed by atoms with E-state index in [-0.39, 0.29) is 12.7 Å². The molecule has 6 nitrogen and oxygen atoms in total. The zero-order chi connectivity index (χ0) is 17.1. The minimum atomic E-state index is -3.95. The lowest BCUT2D eigenvalue weighted by Gasteiger charge is -2.33. The second-order valence-corrected chi connectivity index (χ2v) is 7.12. The molecule has 0 aliphatic carbocycles. The molecule has 0 saturated heterocycles. The van der Waals surface area contributed by atoms with Crippen LogP contribution in [0.15, 0.2) is 18.2 Å². The van der Waals surface area contributed by atoms with E-state index in [1.165, 1.54) is 0 Å². The number of fused-ring (bicyclic) bond motifs is 1. The van der Waals surface area contributed by atoms with Gasteiger partial charge in [0.15, 0.2) is 0 Å². The van der Waals surface area contributed by atoms with Gasteiger partial charge in [-0.2, -0.15) is 8.42 Å². The van der Waals surface area contributed by atoms with Gasteiger partial charge in [0.25, 0.3) is 0 Å². The molecule has 1 aliphatic heterocycles. The van der Waals surface area contributed by atoms with Crippen LogP contribution in [0.2, 0.25) is 5.02 Å². The van der Waals surface area contributed by atoms with Gasteiger partial charge in [-0.25, -0.2) is 5.14 Å². The van der Waals surface area contributed by atoms with E-state index < -0.39 is 16.1 Å². The standard InChI is InChI=1S/C15H22ClNO5S/c1-3-15(4-2)21-12(8-9-20-23(17,18)19)10-11-6-5-7-13(16)14(11)22-15/h5-7,12H,3-4,8-10H2,1-2H3,(H2,17,18,19). The molecule has 130 valence electrons. The van der Waals surface area contributed by atoms with Gasteiger partial charge in [-0.15, -0.1) is 0 Å². The first-order valence-corrected chi connectivity index (χ1v) is 9.45. The molecule has 0 radical (unpaired) electrons. The third kappa shape index (κ3) is 4.81. The molecular weight excluding hydrogens is 342 g/mol. The van der Waals surface area contributed by atoms with Crippen LogP contribution in [0.1, 0.15) is 38.7 Å². The molecule has 1 aromatic carbocycles. The minimum absolute atomic E-state index is 0.0388. The van der Waals surface area contributed by atoms with Crippen LogP contribution in [-0.2, 0) is 25.6 Å². The summed E-state index contributed by atoms with van der Waals surface area (Å²) < 4.78 is 38.7. The number of nitrogens with two attached hydrogens (primary N) is 1. The van der Waals surface area contributed by atoms with Gasteiger partial charge in [-0.1, -0.05) is 37.6 Å². The van der Waals surface area contributed by atoms with Crippen molar-refractivity contribution in [1.82, 2.24) is 0 Å². The summed E-state index contributed by atoms with van der Waals surface area (Å²) in [5.41, 5.74) is 0.932. The third-order valence-electron chi connectivity index (χ3n) is 3.93. The van der Waals surface area contributed by atoms with Crippen LogP contribution < -0.4 is 9.88 Å². The van der Waals surface area contributed by atoms with E-state index in [4.69, 9.17) is 26.2 Å². The summed E-state index contributed by atoms with van der Waals surface area (Å²) in [5, 5.41) is 5.39. The predicted octanol–water partition coefficient (Wildman–Crippen LogP) is 2.79. The Kier molecular flexibility index (Phi) is 5.91. The van der Waals surface area contributed by atoms with Gasteiger partial charge in [0.1, 0.15) is 5.75 Å². The van der Waals surface area contributed by atoms with Crippen molar-refractivity contribution in [1.29, 1.82) is 0 Å². The fourth-order valence-corrected chi connectivity index (χ4v) is 3.21. The van der Waals surface area contributed by atoms with E-state index >= 15 is 0 Å². The quantitative estimate of drug-likeness (QED) is 0.839. The first-order valence-electron chi connectivity index (χ1n) is 7.60. The van der Waals surface area contributed by atoms with Gasteiger partial charge < -0.3 is 9.47 Å². The van der Waals surface area contributed by atoms with Gasteiger partial charge in [-0.05, 0) is 18.1 Å². The van der Waals surface area contributed by atoms with Crippen LogP contribution in [0.4, 0.5) is 0 Å². The normalized spacial score (nSPS) is 20.4. The van der Waals surface area contributed by atoms with Crippen molar-refractivity contribution in [3.05, 3.63) is 28.8 Å². The number of rotatable bonds is 6. The van der Waals surface area contributed by atoms with Crippen LogP contribution >= 0.6 is 11.6 Å². The Morgan fingerprint density at radius 1 is 1.39 bits per heavy atom. The number of halogens is 1. The second kappa shape index (κ2) is 7.36. The van der Waals surface area contributed by atoms with Gasteiger partial charge in [0.2, 0.25) is 5.79 Å². The molecular formula is C15H22ClNO5S. The molecule has 1 atom stereocenters. The average Bonchev–Trinajstić information content (AvgIpc) is 2.64. The maximum Gasteiger partial charge on any atom is 0.333 e. The van der Waals surface area contributed by atoms with Gasteiger partial charge >= 0.3 is 10.3 Å². The van der Waals surface area contributed by atoms with E-state index in [2.05, 4.69) is 4.18 Å². The van der Waals surface area contributed by atoms with Crippen LogP contribution in [-0.4, -0.2) is 26.9 Å². The highest BCUT2D eigenvalue weighted by atomic mass is 35.5. The fraction of sp³-hybridized carbons (Fsp3) is 0.600. The van der Waals surface area contributed by atoms with Crippen LogP contribution in [0.5, 0.6) is 5.75 Å². The van der Waals surface area contributed by atoms with E-state index in [1.54, 1.807) is 6.07 Å². The molecule has 0 fully saturated rings. The SMILES string of the molecule is CCC1(CC)Oc2c(Cl)cccc2CC(CCOS(N)(=O)=O)O1. The first kappa shape index (κ1) is 18.5. The molecule has 0 spiro atoms. The molecule has 1 unspecified atom stereocenters. The Labute approximate surface area is 142 Å². The summed E-state index contributed by atoms with van der Waals surface area (Å²) in [5.74, 6) is -0.157. The Bertz CT molecular complexity index is 645. The summed E-state index contributed by atoms with van der Waals surface area (Å²) in [7, 11) is -3.95. The topological polar surface area (TPSA) is 87.9 Å². The lowest BCUT2D eigenvalue weighted by atomic mass is 10.0. The van der Waals surface area contributed by atoms with Crippen LogP contribution in [0, 0.1) is 0 Å². The number of hydrogen-bond acceptors (Lipinski definition) is 5. The number of para-hydroxylation sites is 1. The molecule has 23 heavy (non-hydrogen) atoms. The third-order valence-corrected chi connectivity index (χ3v) is 4.72. The van der Waals surface area contributed by atoms with Gasteiger partial charge in [-0.3, -0.25) is 4.18 Å². The molecule has 2 rings (SSSR count). The fourth-order valence-electron chi connectivity index (χ4n) is 2.65. The van der Waals surface area contributed by atoms with E-state index in [1.807, 2.05) is 26.0 Å². The summed E-state index contributed by atoms with van der Waals surface area (Å²) in [6, 6.07) is 5.56. The Morgan fingerprint density at radius 3 is 2.70 bits per heavy atom. The number of hydrogen-bond donors (Lipinski definition) is 1. The van der Waals surface area contributed by atoms with Crippen molar-refractivity contribution < 1.29 is 22.1 Å². The van der Waals surface area contributed by atoms with E-state index in [0.717, 1.165) is 5.56 Å². The molecule has 0 amide bonds. The van der Waals surface area contributed by atoms with Crippen molar-refractivity contribution in [3.63, 3.8) is 0 Å². The lowest BCUT2D eigenvalue weighted by molar-refractivity contribution is -0.211. The summed E-state index contributed by atoms with van der Waals surface area (Å²) >= 11 is 6.27. The molecule has 0 bridgehead atoms. The lowest BCUT2D eigenvalue weighted by Crippen LogP contribution is -2.40. The number of ether oxygens (including phenoxy) is 2. The molecule has 0 aromatic heterocycles. The van der Waals surface area contributed by atoms with Gasteiger partial charge in [0.05, 0.1) is 17.7 Å². The maximum absolute atomic E-state index is 10.9. The highest BCUT2D eigenvalue weighted by Gasteiger charge is 2.37. The second-order valence-electron chi connectivity index (χ2n) is 5.50. The van der Waals surface area contributed by atoms with Crippen molar-refractivity contribution >= 4 is 21.9 Å². The minimum Gasteiger partial charge on any atom is -0.461 e.